The second-order valence-corrected chi connectivity index (χ2v) is 8.43. The molecule has 0 saturated carbocycles. The number of hydrogen-bond acceptors (Lipinski definition) is 3. The summed E-state index contributed by atoms with van der Waals surface area (Å²) >= 11 is 1.84. The van der Waals surface area contributed by atoms with E-state index in [0.29, 0.717) is 12.3 Å². The average Bonchev–Trinajstić information content (AvgIpc) is 3.33. The number of benzene rings is 1. The highest BCUT2D eigenvalue weighted by Crippen LogP contribution is 2.18. The van der Waals surface area contributed by atoms with Gasteiger partial charge in [0.1, 0.15) is 0 Å². The number of hydrogen-bond donors (Lipinski definition) is 2. The van der Waals surface area contributed by atoms with Crippen molar-refractivity contribution in [1.82, 2.24) is 15.5 Å². The van der Waals surface area contributed by atoms with Gasteiger partial charge in [0, 0.05) is 48.8 Å². The summed E-state index contributed by atoms with van der Waals surface area (Å²) in [6, 6.07) is 14.7. The van der Waals surface area contributed by atoms with E-state index in [-0.39, 0.29) is 5.91 Å². The van der Waals surface area contributed by atoms with Crippen LogP contribution in [0.3, 0.4) is 0 Å². The zero-order valence-electron chi connectivity index (χ0n) is 16.8. The van der Waals surface area contributed by atoms with Crippen LogP contribution in [0, 0.1) is 5.92 Å². The summed E-state index contributed by atoms with van der Waals surface area (Å²) < 4.78 is 0. The zero-order valence-corrected chi connectivity index (χ0v) is 17.6. The fourth-order valence-electron chi connectivity index (χ4n) is 3.46. The third kappa shape index (κ3) is 5.83. The second kappa shape index (κ2) is 10.3. The van der Waals surface area contributed by atoms with Crippen molar-refractivity contribution in [2.75, 3.05) is 26.7 Å². The van der Waals surface area contributed by atoms with Crippen molar-refractivity contribution in [3.05, 3.63) is 57.8 Å². The lowest BCUT2D eigenvalue weighted by molar-refractivity contribution is -0.127. The van der Waals surface area contributed by atoms with Crippen LogP contribution in [0.15, 0.2) is 47.5 Å². The maximum Gasteiger partial charge on any atom is 0.223 e. The van der Waals surface area contributed by atoms with E-state index in [2.05, 4.69) is 46.8 Å². The molecule has 0 spiro atoms. The summed E-state index contributed by atoms with van der Waals surface area (Å²) in [5.41, 5.74) is 1.28. The molecule has 1 saturated heterocycles. The van der Waals surface area contributed by atoms with E-state index in [4.69, 9.17) is 0 Å². The summed E-state index contributed by atoms with van der Waals surface area (Å²) in [6.45, 7) is 5.33. The number of aryl methyl sites for hydroxylation is 1. The van der Waals surface area contributed by atoms with Crippen molar-refractivity contribution in [1.29, 1.82) is 0 Å². The van der Waals surface area contributed by atoms with E-state index in [1.54, 1.807) is 7.05 Å². The highest BCUT2D eigenvalue weighted by Gasteiger charge is 2.29. The highest BCUT2D eigenvalue weighted by atomic mass is 32.1. The number of nitrogens with zero attached hydrogens (tertiary/aromatic N) is 2. The van der Waals surface area contributed by atoms with Crippen LogP contribution < -0.4 is 10.6 Å². The van der Waals surface area contributed by atoms with Crippen molar-refractivity contribution >= 4 is 23.2 Å². The average molecular weight is 399 g/mol. The van der Waals surface area contributed by atoms with Crippen molar-refractivity contribution in [2.45, 2.75) is 32.7 Å². The maximum absolute atomic E-state index is 12.3. The molecular weight excluding hydrogens is 368 g/mol. The standard InChI is InChI=1S/C22H30N4OS/c1-3-19-9-10-20(28-19)15-25-22(23-2)24-14-18-13-21(27)26(16-18)12-11-17-7-5-4-6-8-17/h4-10,18H,3,11-16H2,1-2H3,(H2,23,24,25). The smallest absolute Gasteiger partial charge is 0.223 e. The van der Waals surface area contributed by atoms with Gasteiger partial charge in [-0.1, -0.05) is 37.3 Å². The summed E-state index contributed by atoms with van der Waals surface area (Å²) in [6.07, 6.45) is 2.61. The summed E-state index contributed by atoms with van der Waals surface area (Å²) in [4.78, 5) is 21.3. The molecule has 1 aliphatic rings. The fraction of sp³-hybridized carbons (Fsp3) is 0.455. The Labute approximate surface area is 171 Å². The largest absolute Gasteiger partial charge is 0.356 e. The lowest BCUT2D eigenvalue weighted by Gasteiger charge is -2.18. The predicted octanol–water partition coefficient (Wildman–Crippen LogP) is 3.07. The normalized spacial score (nSPS) is 17.2. The quantitative estimate of drug-likeness (QED) is 0.531. The third-order valence-corrected chi connectivity index (χ3v) is 6.31. The molecule has 1 amide bonds. The summed E-state index contributed by atoms with van der Waals surface area (Å²) in [5.74, 6) is 1.38. The molecule has 1 atom stereocenters. The van der Waals surface area contributed by atoms with E-state index < -0.39 is 0 Å². The van der Waals surface area contributed by atoms with Gasteiger partial charge in [0.05, 0.1) is 6.54 Å². The molecule has 0 aliphatic carbocycles. The molecule has 5 nitrogen and oxygen atoms in total. The van der Waals surface area contributed by atoms with Gasteiger partial charge in [-0.2, -0.15) is 0 Å². The van der Waals surface area contributed by atoms with Crippen LogP contribution in [0.4, 0.5) is 0 Å². The molecule has 6 heteroatoms. The van der Waals surface area contributed by atoms with Gasteiger partial charge in [-0.25, -0.2) is 0 Å². The first-order chi connectivity index (χ1) is 13.7. The van der Waals surface area contributed by atoms with E-state index in [0.717, 1.165) is 45.0 Å². The van der Waals surface area contributed by atoms with Crippen LogP contribution in [0.25, 0.3) is 0 Å². The molecule has 1 fully saturated rings. The molecule has 0 bridgehead atoms. The first-order valence-electron chi connectivity index (χ1n) is 10.0. The van der Waals surface area contributed by atoms with Crippen LogP contribution in [-0.2, 0) is 24.2 Å². The van der Waals surface area contributed by atoms with E-state index in [9.17, 15) is 4.79 Å². The molecule has 1 aromatic heterocycles. The van der Waals surface area contributed by atoms with E-state index in [1.807, 2.05) is 34.4 Å². The third-order valence-electron chi connectivity index (χ3n) is 5.09. The van der Waals surface area contributed by atoms with Gasteiger partial charge in [0.25, 0.3) is 0 Å². The molecular formula is C22H30N4OS. The highest BCUT2D eigenvalue weighted by molar-refractivity contribution is 7.11. The Kier molecular flexibility index (Phi) is 7.48. The molecule has 1 aromatic carbocycles. The fourth-order valence-corrected chi connectivity index (χ4v) is 4.35. The Bertz CT molecular complexity index is 787. The van der Waals surface area contributed by atoms with Crippen molar-refractivity contribution in [3.63, 3.8) is 0 Å². The number of nitrogens with one attached hydrogen (secondary N) is 2. The van der Waals surface area contributed by atoms with Gasteiger partial charge in [-0.3, -0.25) is 9.79 Å². The number of carbonyl (C=O) groups excluding carboxylic acids is 1. The summed E-state index contributed by atoms with van der Waals surface area (Å²) in [7, 11) is 1.78. The molecule has 0 radical (unpaired) electrons. The molecule has 3 rings (SSSR count). The first-order valence-corrected chi connectivity index (χ1v) is 10.8. The molecule has 150 valence electrons. The Balaban J connectivity index is 1.40. The van der Waals surface area contributed by atoms with Gasteiger partial charge >= 0.3 is 0 Å². The number of carbonyl (C=O) groups is 1. The van der Waals surface area contributed by atoms with Gasteiger partial charge in [-0.15, -0.1) is 11.3 Å². The maximum atomic E-state index is 12.3. The minimum absolute atomic E-state index is 0.261. The summed E-state index contributed by atoms with van der Waals surface area (Å²) in [5, 5.41) is 6.75. The van der Waals surface area contributed by atoms with E-state index >= 15 is 0 Å². The van der Waals surface area contributed by atoms with Crippen LogP contribution in [0.2, 0.25) is 0 Å². The van der Waals surface area contributed by atoms with Crippen LogP contribution in [0.1, 0.15) is 28.7 Å². The number of likely N-dealkylation sites (tertiary alicyclic amines) is 1. The molecule has 1 aliphatic heterocycles. The number of thiophene rings is 1. The number of guanidine groups is 1. The van der Waals surface area contributed by atoms with Crippen LogP contribution in [-0.4, -0.2) is 43.4 Å². The lowest BCUT2D eigenvalue weighted by atomic mass is 10.1. The number of rotatable bonds is 8. The van der Waals surface area contributed by atoms with Crippen molar-refractivity contribution in [3.8, 4) is 0 Å². The molecule has 2 heterocycles. The minimum atomic E-state index is 0.261. The number of amides is 1. The molecule has 1 unspecified atom stereocenters. The number of aliphatic imine (C=N–C) groups is 1. The van der Waals surface area contributed by atoms with Crippen LogP contribution >= 0.6 is 11.3 Å². The Morgan fingerprint density at radius 3 is 2.68 bits per heavy atom. The monoisotopic (exact) mass is 398 g/mol. The molecule has 28 heavy (non-hydrogen) atoms. The van der Waals surface area contributed by atoms with Gasteiger partial charge < -0.3 is 15.5 Å². The van der Waals surface area contributed by atoms with Crippen molar-refractivity contribution in [2.24, 2.45) is 10.9 Å². The predicted molar refractivity (Wildman–Crippen MR) is 117 cm³/mol. The SMILES string of the molecule is CCc1ccc(CNC(=NC)NCC2CC(=O)N(CCc3ccccc3)C2)s1. The second-order valence-electron chi connectivity index (χ2n) is 7.17. The van der Waals surface area contributed by atoms with E-state index in [1.165, 1.54) is 15.3 Å². The van der Waals surface area contributed by atoms with Crippen LogP contribution in [0.5, 0.6) is 0 Å². The van der Waals surface area contributed by atoms with Gasteiger partial charge in [0.2, 0.25) is 5.91 Å². The molecule has 2 aromatic rings. The minimum Gasteiger partial charge on any atom is -0.356 e. The molecule has 2 N–H and O–H groups in total. The Hall–Kier alpha value is -2.34. The Morgan fingerprint density at radius 2 is 1.96 bits per heavy atom. The van der Waals surface area contributed by atoms with Gasteiger partial charge in [-0.05, 0) is 30.5 Å². The van der Waals surface area contributed by atoms with Gasteiger partial charge in [0.15, 0.2) is 5.96 Å². The lowest BCUT2D eigenvalue weighted by Crippen LogP contribution is -2.39. The first kappa shape index (κ1) is 20.4. The zero-order chi connectivity index (χ0) is 19.8. The Morgan fingerprint density at radius 1 is 1.18 bits per heavy atom. The van der Waals surface area contributed by atoms with Crippen molar-refractivity contribution < 1.29 is 4.79 Å². The topological polar surface area (TPSA) is 56.7 Å².